The lowest BCUT2D eigenvalue weighted by molar-refractivity contribution is -0.131. The van der Waals surface area contributed by atoms with Crippen LogP contribution in [0.15, 0.2) is 59.7 Å². The fourth-order valence-corrected chi connectivity index (χ4v) is 3.60. The van der Waals surface area contributed by atoms with Crippen LogP contribution in [0.3, 0.4) is 0 Å². The summed E-state index contributed by atoms with van der Waals surface area (Å²) in [5.74, 6) is 1.43. The average Bonchev–Trinajstić information content (AvgIpc) is 2.77. The Morgan fingerprint density at radius 3 is 2.55 bits per heavy atom. The molecular formula is C23H31N5O. The molecule has 1 aliphatic rings. The molecule has 0 unspecified atom stereocenters. The van der Waals surface area contributed by atoms with Crippen LogP contribution in [-0.4, -0.2) is 47.9 Å². The molecule has 0 saturated carbocycles. The van der Waals surface area contributed by atoms with Gasteiger partial charge in [0.05, 0.1) is 18.8 Å². The first-order valence-corrected chi connectivity index (χ1v) is 10.5. The van der Waals surface area contributed by atoms with Gasteiger partial charge in [-0.05, 0) is 49.8 Å². The predicted molar refractivity (Wildman–Crippen MR) is 117 cm³/mol. The normalized spacial score (nSPS) is 15.2. The van der Waals surface area contributed by atoms with Crippen LogP contribution in [0.1, 0.15) is 31.0 Å². The van der Waals surface area contributed by atoms with E-state index in [9.17, 15) is 4.79 Å². The molecule has 1 amide bonds. The Balaban J connectivity index is 1.43. The van der Waals surface area contributed by atoms with Crippen LogP contribution in [0.4, 0.5) is 0 Å². The number of nitrogens with zero attached hydrogens (tertiary/aromatic N) is 3. The maximum absolute atomic E-state index is 12.6. The number of hydrogen-bond donors (Lipinski definition) is 2. The fourth-order valence-electron chi connectivity index (χ4n) is 3.60. The Kier molecular flexibility index (Phi) is 8.04. The molecule has 2 aromatic rings. The van der Waals surface area contributed by atoms with Gasteiger partial charge in [0, 0.05) is 25.8 Å². The standard InChI is InChI=1S/C23H31N5O/c1-2-24-23(26-17-21-10-6-7-13-25-21)27-18-22(29)28-14-11-20(12-15-28)16-19-8-4-3-5-9-19/h3-10,13,20H,2,11-12,14-18H2,1H3,(H2,24,26,27). The van der Waals surface area contributed by atoms with Crippen molar-refractivity contribution in [3.8, 4) is 0 Å². The average molecular weight is 394 g/mol. The highest BCUT2D eigenvalue weighted by Gasteiger charge is 2.22. The van der Waals surface area contributed by atoms with Crippen LogP contribution < -0.4 is 10.6 Å². The van der Waals surface area contributed by atoms with E-state index in [4.69, 9.17) is 0 Å². The molecule has 2 N–H and O–H groups in total. The fraction of sp³-hybridized carbons (Fsp3) is 0.435. The Morgan fingerprint density at radius 1 is 1.10 bits per heavy atom. The van der Waals surface area contributed by atoms with Crippen molar-refractivity contribution in [3.63, 3.8) is 0 Å². The molecule has 0 bridgehead atoms. The van der Waals surface area contributed by atoms with Gasteiger partial charge in [-0.25, -0.2) is 4.99 Å². The zero-order chi connectivity index (χ0) is 20.3. The van der Waals surface area contributed by atoms with Crippen molar-refractivity contribution in [1.29, 1.82) is 0 Å². The van der Waals surface area contributed by atoms with Crippen molar-refractivity contribution in [2.45, 2.75) is 32.7 Å². The number of benzene rings is 1. The first-order chi connectivity index (χ1) is 14.2. The van der Waals surface area contributed by atoms with E-state index in [1.807, 2.05) is 30.0 Å². The minimum absolute atomic E-state index is 0.131. The molecule has 0 radical (unpaired) electrons. The van der Waals surface area contributed by atoms with Crippen LogP contribution >= 0.6 is 0 Å². The Labute approximate surface area is 173 Å². The highest BCUT2D eigenvalue weighted by molar-refractivity contribution is 5.86. The summed E-state index contributed by atoms with van der Waals surface area (Å²) in [6.45, 7) is 5.16. The smallest absolute Gasteiger partial charge is 0.241 e. The van der Waals surface area contributed by atoms with Crippen LogP contribution in [0, 0.1) is 5.92 Å². The number of piperidine rings is 1. The van der Waals surface area contributed by atoms with Gasteiger partial charge >= 0.3 is 0 Å². The number of amides is 1. The third-order valence-corrected chi connectivity index (χ3v) is 5.21. The van der Waals surface area contributed by atoms with E-state index in [0.29, 0.717) is 18.4 Å². The molecule has 1 aromatic carbocycles. The van der Waals surface area contributed by atoms with Crippen molar-refractivity contribution >= 4 is 11.9 Å². The summed E-state index contributed by atoms with van der Waals surface area (Å²) in [5, 5.41) is 6.34. The quantitative estimate of drug-likeness (QED) is 0.560. The number of pyridine rings is 1. The molecule has 154 valence electrons. The summed E-state index contributed by atoms with van der Waals surface area (Å²) in [4.78, 5) is 23.4. The lowest BCUT2D eigenvalue weighted by Gasteiger charge is -2.32. The monoisotopic (exact) mass is 393 g/mol. The zero-order valence-electron chi connectivity index (χ0n) is 17.2. The molecule has 0 spiro atoms. The van der Waals surface area contributed by atoms with Gasteiger partial charge in [0.25, 0.3) is 0 Å². The van der Waals surface area contributed by atoms with E-state index < -0.39 is 0 Å². The summed E-state index contributed by atoms with van der Waals surface area (Å²) in [5.41, 5.74) is 2.29. The maximum Gasteiger partial charge on any atom is 0.241 e. The SMILES string of the molecule is CCNC(=NCc1ccccn1)NCC(=O)N1CCC(Cc2ccccc2)CC1. The molecule has 1 saturated heterocycles. The van der Waals surface area contributed by atoms with Gasteiger partial charge in [-0.15, -0.1) is 0 Å². The number of rotatable bonds is 7. The molecule has 1 fully saturated rings. The summed E-state index contributed by atoms with van der Waals surface area (Å²) >= 11 is 0. The minimum atomic E-state index is 0.131. The van der Waals surface area contributed by atoms with Crippen LogP contribution in [-0.2, 0) is 17.8 Å². The molecule has 3 rings (SSSR count). The van der Waals surface area contributed by atoms with E-state index in [0.717, 1.165) is 44.6 Å². The lowest BCUT2D eigenvalue weighted by Crippen LogP contribution is -2.47. The van der Waals surface area contributed by atoms with E-state index in [1.54, 1.807) is 6.20 Å². The summed E-state index contributed by atoms with van der Waals surface area (Å²) in [7, 11) is 0. The van der Waals surface area contributed by atoms with Crippen LogP contribution in [0.5, 0.6) is 0 Å². The molecule has 0 aliphatic carbocycles. The van der Waals surface area contributed by atoms with Gasteiger partial charge < -0.3 is 15.5 Å². The molecule has 6 nitrogen and oxygen atoms in total. The Morgan fingerprint density at radius 2 is 1.86 bits per heavy atom. The third kappa shape index (κ3) is 6.89. The predicted octanol–water partition coefficient (Wildman–Crippen LogP) is 2.62. The molecular weight excluding hydrogens is 362 g/mol. The largest absolute Gasteiger partial charge is 0.357 e. The maximum atomic E-state index is 12.6. The first-order valence-electron chi connectivity index (χ1n) is 10.5. The summed E-state index contributed by atoms with van der Waals surface area (Å²) in [6, 6.07) is 16.4. The Hall–Kier alpha value is -2.89. The number of guanidine groups is 1. The molecule has 0 atom stereocenters. The van der Waals surface area contributed by atoms with Gasteiger partial charge in [0.1, 0.15) is 0 Å². The number of likely N-dealkylation sites (tertiary alicyclic amines) is 1. The van der Waals surface area contributed by atoms with Crippen molar-refractivity contribution in [3.05, 3.63) is 66.0 Å². The molecule has 1 aromatic heterocycles. The lowest BCUT2D eigenvalue weighted by atomic mass is 9.90. The van der Waals surface area contributed by atoms with E-state index >= 15 is 0 Å². The molecule has 2 heterocycles. The highest BCUT2D eigenvalue weighted by Crippen LogP contribution is 2.21. The van der Waals surface area contributed by atoms with E-state index in [1.165, 1.54) is 5.56 Å². The second kappa shape index (κ2) is 11.2. The van der Waals surface area contributed by atoms with Gasteiger partial charge in [0.15, 0.2) is 5.96 Å². The van der Waals surface area contributed by atoms with Crippen LogP contribution in [0.2, 0.25) is 0 Å². The van der Waals surface area contributed by atoms with Crippen molar-refractivity contribution in [2.24, 2.45) is 10.9 Å². The first kappa shape index (κ1) is 20.8. The number of nitrogens with one attached hydrogen (secondary N) is 2. The van der Waals surface area contributed by atoms with Gasteiger partial charge in [-0.2, -0.15) is 0 Å². The molecule has 1 aliphatic heterocycles. The second-order valence-corrected chi connectivity index (χ2v) is 7.38. The van der Waals surface area contributed by atoms with Gasteiger partial charge in [-0.3, -0.25) is 9.78 Å². The van der Waals surface area contributed by atoms with Crippen molar-refractivity contribution in [1.82, 2.24) is 20.5 Å². The number of hydrogen-bond acceptors (Lipinski definition) is 3. The molecule has 29 heavy (non-hydrogen) atoms. The van der Waals surface area contributed by atoms with Crippen molar-refractivity contribution < 1.29 is 4.79 Å². The topological polar surface area (TPSA) is 69.6 Å². The number of aromatic nitrogens is 1. The summed E-state index contributed by atoms with van der Waals surface area (Å²) in [6.07, 6.45) is 4.99. The van der Waals surface area contributed by atoms with E-state index in [-0.39, 0.29) is 12.5 Å². The van der Waals surface area contributed by atoms with Gasteiger partial charge in [0.2, 0.25) is 5.91 Å². The zero-order valence-corrected chi connectivity index (χ0v) is 17.2. The number of carbonyl (C=O) groups excluding carboxylic acids is 1. The Bertz CT molecular complexity index is 770. The van der Waals surface area contributed by atoms with Gasteiger partial charge in [-0.1, -0.05) is 36.4 Å². The van der Waals surface area contributed by atoms with Crippen molar-refractivity contribution in [2.75, 3.05) is 26.2 Å². The van der Waals surface area contributed by atoms with E-state index in [2.05, 4.69) is 50.9 Å². The minimum Gasteiger partial charge on any atom is -0.357 e. The number of aliphatic imine (C=N–C) groups is 1. The number of carbonyl (C=O) groups is 1. The highest BCUT2D eigenvalue weighted by atomic mass is 16.2. The molecule has 6 heteroatoms. The summed E-state index contributed by atoms with van der Waals surface area (Å²) < 4.78 is 0. The second-order valence-electron chi connectivity index (χ2n) is 7.38. The van der Waals surface area contributed by atoms with Crippen LogP contribution in [0.25, 0.3) is 0 Å². The third-order valence-electron chi connectivity index (χ3n) is 5.21.